The summed E-state index contributed by atoms with van der Waals surface area (Å²) >= 11 is 0. The van der Waals surface area contributed by atoms with E-state index in [9.17, 15) is 0 Å². The average molecular weight is 273 g/mol. The minimum absolute atomic E-state index is 0.825. The van der Waals surface area contributed by atoms with Crippen LogP contribution in [0.5, 0.6) is 5.75 Å². The SMILES string of the molecule is COc1ccccc1CC1CCCCC1CNC1CC1. The van der Waals surface area contributed by atoms with E-state index in [1.54, 1.807) is 7.11 Å². The molecule has 2 aliphatic carbocycles. The molecule has 2 nitrogen and oxygen atoms in total. The van der Waals surface area contributed by atoms with Crippen molar-refractivity contribution in [2.24, 2.45) is 11.8 Å². The van der Waals surface area contributed by atoms with Crippen molar-refractivity contribution < 1.29 is 4.74 Å². The fourth-order valence-electron chi connectivity index (χ4n) is 3.58. The molecule has 3 rings (SSSR count). The average Bonchev–Trinajstić information content (AvgIpc) is 3.31. The summed E-state index contributed by atoms with van der Waals surface area (Å²) < 4.78 is 5.51. The zero-order valence-electron chi connectivity index (χ0n) is 12.6. The molecule has 1 aromatic carbocycles. The summed E-state index contributed by atoms with van der Waals surface area (Å²) in [7, 11) is 1.78. The molecule has 0 bridgehead atoms. The van der Waals surface area contributed by atoms with Gasteiger partial charge in [-0.3, -0.25) is 0 Å². The van der Waals surface area contributed by atoms with Crippen LogP contribution in [0.3, 0.4) is 0 Å². The molecule has 20 heavy (non-hydrogen) atoms. The summed E-state index contributed by atoms with van der Waals surface area (Å²) in [4.78, 5) is 0. The summed E-state index contributed by atoms with van der Waals surface area (Å²) in [5.41, 5.74) is 1.39. The molecule has 2 aliphatic rings. The topological polar surface area (TPSA) is 21.3 Å². The van der Waals surface area contributed by atoms with Crippen molar-refractivity contribution in [3.05, 3.63) is 29.8 Å². The smallest absolute Gasteiger partial charge is 0.122 e. The van der Waals surface area contributed by atoms with E-state index in [2.05, 4.69) is 29.6 Å². The van der Waals surface area contributed by atoms with Gasteiger partial charge in [-0.1, -0.05) is 31.0 Å². The molecule has 0 radical (unpaired) electrons. The quantitative estimate of drug-likeness (QED) is 0.851. The molecule has 0 heterocycles. The predicted molar refractivity (Wildman–Crippen MR) is 83.2 cm³/mol. The standard InChI is InChI=1S/C18H27NO/c1-20-18-9-5-4-7-15(18)12-14-6-2-3-8-16(14)13-19-17-10-11-17/h4-5,7,9,14,16-17,19H,2-3,6,8,10-13H2,1H3. The van der Waals surface area contributed by atoms with Gasteiger partial charge in [-0.25, -0.2) is 0 Å². The Morgan fingerprint density at radius 2 is 1.80 bits per heavy atom. The molecule has 2 heteroatoms. The third-order valence-electron chi connectivity index (χ3n) is 4.99. The van der Waals surface area contributed by atoms with Crippen LogP contribution in [0.15, 0.2) is 24.3 Å². The van der Waals surface area contributed by atoms with E-state index in [-0.39, 0.29) is 0 Å². The summed E-state index contributed by atoms with van der Waals surface area (Å²) in [6.45, 7) is 1.23. The van der Waals surface area contributed by atoms with E-state index in [1.807, 2.05) is 0 Å². The number of para-hydroxylation sites is 1. The second-order valence-electron chi connectivity index (χ2n) is 6.50. The van der Waals surface area contributed by atoms with E-state index in [0.717, 1.165) is 23.6 Å². The third kappa shape index (κ3) is 3.54. The van der Waals surface area contributed by atoms with E-state index >= 15 is 0 Å². The molecular formula is C18H27NO. The lowest BCUT2D eigenvalue weighted by atomic mass is 9.76. The van der Waals surface area contributed by atoms with Gasteiger partial charge in [-0.2, -0.15) is 0 Å². The zero-order chi connectivity index (χ0) is 13.8. The van der Waals surface area contributed by atoms with Gasteiger partial charge in [-0.05, 0) is 62.1 Å². The van der Waals surface area contributed by atoms with Gasteiger partial charge in [0.05, 0.1) is 7.11 Å². The highest BCUT2D eigenvalue weighted by Gasteiger charge is 2.28. The molecule has 2 atom stereocenters. The Labute approximate surface area is 122 Å². The first-order valence-electron chi connectivity index (χ1n) is 8.22. The first-order chi connectivity index (χ1) is 9.86. The van der Waals surface area contributed by atoms with Crippen LogP contribution in [0.4, 0.5) is 0 Å². The predicted octanol–water partition coefficient (Wildman–Crippen LogP) is 3.80. The monoisotopic (exact) mass is 273 g/mol. The van der Waals surface area contributed by atoms with E-state index in [4.69, 9.17) is 4.74 Å². The first kappa shape index (κ1) is 13.9. The molecule has 0 aromatic heterocycles. The maximum atomic E-state index is 5.51. The van der Waals surface area contributed by atoms with Crippen LogP contribution >= 0.6 is 0 Å². The number of hydrogen-bond donors (Lipinski definition) is 1. The Morgan fingerprint density at radius 3 is 2.55 bits per heavy atom. The molecular weight excluding hydrogens is 246 g/mol. The van der Waals surface area contributed by atoms with Crippen LogP contribution in [0.1, 0.15) is 44.1 Å². The van der Waals surface area contributed by atoms with Crippen molar-refractivity contribution >= 4 is 0 Å². The molecule has 0 aliphatic heterocycles. The van der Waals surface area contributed by atoms with Gasteiger partial charge >= 0.3 is 0 Å². The Balaban J connectivity index is 1.62. The summed E-state index contributed by atoms with van der Waals surface area (Å²) in [5.74, 6) is 2.74. The molecule has 2 unspecified atom stereocenters. The lowest BCUT2D eigenvalue weighted by Crippen LogP contribution is -2.32. The number of rotatable bonds is 6. The van der Waals surface area contributed by atoms with Crippen LogP contribution in [0.2, 0.25) is 0 Å². The fourth-order valence-corrected chi connectivity index (χ4v) is 3.58. The van der Waals surface area contributed by atoms with Crippen molar-refractivity contribution in [1.29, 1.82) is 0 Å². The molecule has 0 amide bonds. The van der Waals surface area contributed by atoms with Crippen LogP contribution < -0.4 is 10.1 Å². The molecule has 2 saturated carbocycles. The number of benzene rings is 1. The van der Waals surface area contributed by atoms with Gasteiger partial charge in [0, 0.05) is 6.04 Å². The maximum absolute atomic E-state index is 5.51. The lowest BCUT2D eigenvalue weighted by molar-refractivity contribution is 0.226. The second kappa shape index (κ2) is 6.62. The van der Waals surface area contributed by atoms with Crippen molar-refractivity contribution in [1.82, 2.24) is 5.32 Å². The van der Waals surface area contributed by atoms with Crippen molar-refractivity contribution in [3.8, 4) is 5.75 Å². The highest BCUT2D eigenvalue weighted by Crippen LogP contribution is 2.34. The van der Waals surface area contributed by atoms with Crippen molar-refractivity contribution in [3.63, 3.8) is 0 Å². The number of ether oxygens (including phenoxy) is 1. The fraction of sp³-hybridized carbons (Fsp3) is 0.667. The van der Waals surface area contributed by atoms with E-state index in [0.29, 0.717) is 0 Å². The van der Waals surface area contributed by atoms with E-state index < -0.39 is 0 Å². The van der Waals surface area contributed by atoms with Crippen LogP contribution in [0, 0.1) is 11.8 Å². The van der Waals surface area contributed by atoms with Crippen LogP contribution in [-0.2, 0) is 6.42 Å². The maximum Gasteiger partial charge on any atom is 0.122 e. The minimum Gasteiger partial charge on any atom is -0.496 e. The normalized spacial score (nSPS) is 26.4. The van der Waals surface area contributed by atoms with Gasteiger partial charge in [-0.15, -0.1) is 0 Å². The number of hydrogen-bond acceptors (Lipinski definition) is 2. The van der Waals surface area contributed by atoms with Crippen molar-refractivity contribution in [2.75, 3.05) is 13.7 Å². The summed E-state index contributed by atoms with van der Waals surface area (Å²) in [6, 6.07) is 9.37. The molecule has 1 aromatic rings. The molecule has 0 spiro atoms. The van der Waals surface area contributed by atoms with Gasteiger partial charge in [0.25, 0.3) is 0 Å². The zero-order valence-corrected chi connectivity index (χ0v) is 12.6. The Bertz CT molecular complexity index is 427. The summed E-state index contributed by atoms with van der Waals surface area (Å²) in [6.07, 6.45) is 9.57. The van der Waals surface area contributed by atoms with E-state index in [1.165, 1.54) is 57.1 Å². The Kier molecular flexibility index (Phi) is 4.62. The molecule has 0 saturated heterocycles. The Hall–Kier alpha value is -1.02. The number of nitrogens with one attached hydrogen (secondary N) is 1. The van der Waals surface area contributed by atoms with Gasteiger partial charge < -0.3 is 10.1 Å². The highest BCUT2D eigenvalue weighted by molar-refractivity contribution is 5.33. The molecule has 1 N–H and O–H groups in total. The molecule has 2 fully saturated rings. The second-order valence-corrected chi connectivity index (χ2v) is 6.50. The largest absolute Gasteiger partial charge is 0.496 e. The lowest BCUT2D eigenvalue weighted by Gasteiger charge is -2.32. The van der Waals surface area contributed by atoms with Gasteiger partial charge in [0.15, 0.2) is 0 Å². The van der Waals surface area contributed by atoms with Crippen LogP contribution in [-0.4, -0.2) is 19.7 Å². The molecule has 110 valence electrons. The first-order valence-corrected chi connectivity index (χ1v) is 8.22. The Morgan fingerprint density at radius 1 is 1.05 bits per heavy atom. The summed E-state index contributed by atoms with van der Waals surface area (Å²) in [5, 5.41) is 3.74. The number of methoxy groups -OCH3 is 1. The highest BCUT2D eigenvalue weighted by atomic mass is 16.5. The minimum atomic E-state index is 0.825. The van der Waals surface area contributed by atoms with Gasteiger partial charge in [0.2, 0.25) is 0 Å². The van der Waals surface area contributed by atoms with Crippen LogP contribution in [0.25, 0.3) is 0 Å². The van der Waals surface area contributed by atoms with Crippen molar-refractivity contribution in [2.45, 2.75) is 51.0 Å². The third-order valence-corrected chi connectivity index (χ3v) is 4.99. The van der Waals surface area contributed by atoms with Gasteiger partial charge in [0.1, 0.15) is 5.75 Å².